The van der Waals surface area contributed by atoms with Crippen molar-refractivity contribution >= 4 is 17.7 Å². The zero-order valence-corrected chi connectivity index (χ0v) is 5.44. The minimum Gasteiger partial charge on any atom is -0.0984 e. The van der Waals surface area contributed by atoms with Crippen LogP contribution in [0, 0.1) is 0 Å². The first-order chi connectivity index (χ1) is 5.63. The van der Waals surface area contributed by atoms with E-state index in [9.17, 15) is 0 Å². The molecule has 0 aromatic heterocycles. The fourth-order valence-corrected chi connectivity index (χ4v) is 0.746. The lowest BCUT2D eigenvalue weighted by atomic mass is 10.2. The molecule has 0 fully saturated rings. The Morgan fingerprint density at radius 1 is 1.67 bits per heavy atom. The van der Waals surface area contributed by atoms with E-state index >= 15 is 0 Å². The van der Waals surface area contributed by atoms with Crippen LogP contribution >= 0.6 is 11.6 Å². The molecule has 0 atom stereocenters. The van der Waals surface area contributed by atoms with Gasteiger partial charge in [0, 0.05) is 5.02 Å². The molecule has 1 heteroatoms. The summed E-state index contributed by atoms with van der Waals surface area (Å²) in [7, 11) is 0. The van der Waals surface area contributed by atoms with Crippen LogP contribution in [0.4, 0.5) is 0 Å². The maximum Gasteiger partial charge on any atom is 0.0623 e. The third kappa shape index (κ3) is 1.33. The van der Waals surface area contributed by atoms with Crippen molar-refractivity contribution in [2.45, 2.75) is 0 Å². The summed E-state index contributed by atoms with van der Waals surface area (Å²) < 4.78 is 21.2. The number of benzene rings is 1. The van der Waals surface area contributed by atoms with Crippen LogP contribution in [0.2, 0.25) is 5.02 Å². The smallest absolute Gasteiger partial charge is 0.0623 e. The monoisotopic (exact) mass is 141 g/mol. The lowest BCUT2D eigenvalue weighted by molar-refractivity contribution is 1.66. The molecule has 1 rings (SSSR count). The number of halogens is 1. The third-order valence-corrected chi connectivity index (χ3v) is 1.34. The Labute approximate surface area is 64.0 Å². The molecule has 1 aromatic rings. The Morgan fingerprint density at radius 2 is 2.44 bits per heavy atom. The highest BCUT2D eigenvalue weighted by atomic mass is 35.5. The Balaban J connectivity index is 3.21. The molecule has 0 spiro atoms. The van der Waals surface area contributed by atoms with Crippen molar-refractivity contribution in [1.82, 2.24) is 0 Å². The molecule has 0 aliphatic rings. The van der Waals surface area contributed by atoms with Gasteiger partial charge in [-0.05, 0) is 11.6 Å². The number of hydrogen-bond acceptors (Lipinski definition) is 0. The molecule has 0 aliphatic carbocycles. The van der Waals surface area contributed by atoms with Gasteiger partial charge in [-0.2, -0.15) is 0 Å². The molecule has 46 valence electrons. The van der Waals surface area contributed by atoms with Crippen LogP contribution in [0.15, 0.2) is 30.8 Å². The van der Waals surface area contributed by atoms with E-state index in [1.54, 1.807) is 24.3 Å². The quantitative estimate of drug-likeness (QED) is 0.564. The van der Waals surface area contributed by atoms with E-state index in [1.807, 2.05) is 0 Å². The molecule has 0 heterocycles. The fraction of sp³-hybridized carbons (Fsp3) is 0. The molecule has 0 saturated carbocycles. The molecular weight excluding hydrogens is 132 g/mol. The molecule has 0 unspecified atom stereocenters. The highest BCUT2D eigenvalue weighted by molar-refractivity contribution is 6.32. The topological polar surface area (TPSA) is 0 Å². The van der Waals surface area contributed by atoms with Gasteiger partial charge >= 0.3 is 0 Å². The summed E-state index contributed by atoms with van der Waals surface area (Å²) in [4.78, 5) is 0. The van der Waals surface area contributed by atoms with Crippen molar-refractivity contribution in [3.05, 3.63) is 41.4 Å². The van der Waals surface area contributed by atoms with Crippen molar-refractivity contribution in [3.8, 4) is 0 Å². The molecular formula is C8H7Cl. The second kappa shape index (κ2) is 2.70. The van der Waals surface area contributed by atoms with Crippen molar-refractivity contribution < 1.29 is 4.11 Å². The van der Waals surface area contributed by atoms with Crippen LogP contribution < -0.4 is 0 Å². The predicted molar refractivity (Wildman–Crippen MR) is 41.5 cm³/mol. The molecule has 1 aromatic carbocycles. The highest BCUT2D eigenvalue weighted by Gasteiger charge is 1.89. The van der Waals surface area contributed by atoms with Gasteiger partial charge in [-0.1, -0.05) is 42.4 Å². The maximum absolute atomic E-state index is 7.33. The fourth-order valence-electron chi connectivity index (χ4n) is 0.563. The van der Waals surface area contributed by atoms with Crippen LogP contribution in [0.25, 0.3) is 6.05 Å². The summed E-state index contributed by atoms with van der Waals surface area (Å²) in [5, 5.41) is 0.402. The van der Waals surface area contributed by atoms with E-state index < -0.39 is 6.53 Å². The Morgan fingerprint density at radius 3 is 3.11 bits per heavy atom. The summed E-state index contributed by atoms with van der Waals surface area (Å²) in [6.07, 6.45) is 0. The summed E-state index contributed by atoms with van der Waals surface area (Å²) in [6.45, 7) is -0.525. The first kappa shape index (κ1) is 3.43. The summed E-state index contributed by atoms with van der Waals surface area (Å²) in [5.41, 5.74) is 0.430. The van der Waals surface area contributed by atoms with Crippen LogP contribution in [0.3, 0.4) is 0 Å². The zero-order chi connectivity index (χ0) is 9.14. The van der Waals surface area contributed by atoms with Crippen molar-refractivity contribution in [1.29, 1.82) is 0 Å². The minimum atomic E-state index is -0.525. The first-order valence-corrected chi connectivity index (χ1v) is 2.89. The summed E-state index contributed by atoms with van der Waals surface area (Å²) in [5.74, 6) is 0. The Hall–Kier alpha value is -0.750. The lowest BCUT2D eigenvalue weighted by Crippen LogP contribution is -1.69. The van der Waals surface area contributed by atoms with E-state index in [0.717, 1.165) is 0 Å². The summed E-state index contributed by atoms with van der Waals surface area (Å²) in [6, 6.07) is 6.56. The largest absolute Gasteiger partial charge is 0.0984 e. The van der Waals surface area contributed by atoms with Gasteiger partial charge in [0.1, 0.15) is 0 Å². The van der Waals surface area contributed by atoms with E-state index in [0.29, 0.717) is 10.6 Å². The molecule has 0 bridgehead atoms. The van der Waals surface area contributed by atoms with Gasteiger partial charge in [0.05, 0.1) is 4.11 Å². The lowest BCUT2D eigenvalue weighted by Gasteiger charge is -1.92. The molecule has 0 nitrogen and oxygen atoms in total. The Kier molecular flexibility index (Phi) is 1.03. The predicted octanol–water partition coefficient (Wildman–Crippen LogP) is 2.98. The van der Waals surface area contributed by atoms with Gasteiger partial charge in [-0.25, -0.2) is 0 Å². The van der Waals surface area contributed by atoms with E-state index in [2.05, 4.69) is 0 Å². The third-order valence-electron chi connectivity index (χ3n) is 1.01. The standard InChI is InChI=1S/C8H7Cl/c1-2-7-5-3-4-6-8(7)9/h2-6H,1H2/i1D2,2D. The second-order valence-electron chi connectivity index (χ2n) is 1.60. The van der Waals surface area contributed by atoms with E-state index in [-0.39, 0.29) is 6.05 Å². The maximum atomic E-state index is 7.33. The molecule has 9 heavy (non-hydrogen) atoms. The SMILES string of the molecule is [2H]C([2H])=C([2H])c1ccccc1Cl. The van der Waals surface area contributed by atoms with Gasteiger partial charge in [-0.3, -0.25) is 0 Å². The van der Waals surface area contributed by atoms with Crippen molar-refractivity contribution in [2.24, 2.45) is 0 Å². The molecule has 0 aliphatic heterocycles. The van der Waals surface area contributed by atoms with Gasteiger partial charge in [0.15, 0.2) is 0 Å². The van der Waals surface area contributed by atoms with Crippen LogP contribution in [-0.2, 0) is 0 Å². The molecule has 0 saturated heterocycles. The number of rotatable bonds is 1. The molecule has 0 amide bonds. The second-order valence-corrected chi connectivity index (χ2v) is 2.01. The first-order valence-electron chi connectivity index (χ1n) is 4.02. The molecule has 0 N–H and O–H groups in total. The van der Waals surface area contributed by atoms with E-state index in [4.69, 9.17) is 15.7 Å². The minimum absolute atomic E-state index is 0.152. The van der Waals surface area contributed by atoms with Crippen LogP contribution in [0.1, 0.15) is 9.68 Å². The average Bonchev–Trinajstić information content (AvgIpc) is 2.04. The van der Waals surface area contributed by atoms with Gasteiger partial charge in [-0.15, -0.1) is 0 Å². The van der Waals surface area contributed by atoms with Crippen molar-refractivity contribution in [2.75, 3.05) is 0 Å². The molecule has 0 radical (unpaired) electrons. The Bertz CT molecular complexity index is 316. The van der Waals surface area contributed by atoms with Gasteiger partial charge in [0.2, 0.25) is 0 Å². The number of hydrogen-bond donors (Lipinski definition) is 0. The van der Waals surface area contributed by atoms with Crippen LogP contribution in [-0.4, -0.2) is 0 Å². The zero-order valence-electron chi connectivity index (χ0n) is 7.69. The normalized spacial score (nSPS) is 13.2. The van der Waals surface area contributed by atoms with Crippen molar-refractivity contribution in [3.63, 3.8) is 0 Å². The highest BCUT2D eigenvalue weighted by Crippen LogP contribution is 2.14. The average molecular weight is 142 g/mol. The van der Waals surface area contributed by atoms with Crippen LogP contribution in [0.5, 0.6) is 0 Å². The van der Waals surface area contributed by atoms with Gasteiger partial charge in [0.25, 0.3) is 0 Å². The van der Waals surface area contributed by atoms with Gasteiger partial charge < -0.3 is 0 Å². The summed E-state index contributed by atoms with van der Waals surface area (Å²) >= 11 is 5.74. The van der Waals surface area contributed by atoms with E-state index in [1.165, 1.54) is 0 Å².